The van der Waals surface area contributed by atoms with Gasteiger partial charge in [-0.05, 0) is 52.6 Å². The summed E-state index contributed by atoms with van der Waals surface area (Å²) in [4.78, 5) is 9.42. The van der Waals surface area contributed by atoms with E-state index in [1.165, 1.54) is 0 Å². The molecule has 1 aromatic carbocycles. The molecule has 1 unspecified atom stereocenters. The number of benzene rings is 1. The third kappa shape index (κ3) is 4.06. The van der Waals surface area contributed by atoms with Crippen LogP contribution in [0.3, 0.4) is 0 Å². The topological polar surface area (TPSA) is 29.5 Å². The molecule has 1 aromatic rings. The Morgan fingerprint density at radius 1 is 1.38 bits per heavy atom. The zero-order valence-corrected chi connectivity index (χ0v) is 12.3. The van der Waals surface area contributed by atoms with Gasteiger partial charge in [-0.3, -0.25) is 0 Å². The van der Waals surface area contributed by atoms with Gasteiger partial charge in [0, 0.05) is 0 Å². The SMILES string of the molecule is Cc1ccc(C(C)(C)C)c(OP(O)(=S)Cl)c1. The predicted molar refractivity (Wildman–Crippen MR) is 72.9 cm³/mol. The summed E-state index contributed by atoms with van der Waals surface area (Å²) in [6.07, 6.45) is 0. The van der Waals surface area contributed by atoms with Crippen molar-refractivity contribution in [2.45, 2.75) is 33.1 Å². The molecular formula is C11H16ClO2PS. The van der Waals surface area contributed by atoms with Crippen LogP contribution in [0.15, 0.2) is 18.2 Å². The maximum Gasteiger partial charge on any atom is 0.330 e. The van der Waals surface area contributed by atoms with Gasteiger partial charge in [0.1, 0.15) is 5.75 Å². The molecular weight excluding hydrogens is 263 g/mol. The third-order valence-electron chi connectivity index (χ3n) is 2.16. The zero-order chi connectivity index (χ0) is 12.6. The highest BCUT2D eigenvalue weighted by molar-refractivity contribution is 8.22. The van der Waals surface area contributed by atoms with Crippen molar-refractivity contribution in [3.63, 3.8) is 0 Å². The van der Waals surface area contributed by atoms with E-state index in [-0.39, 0.29) is 5.41 Å². The average Bonchev–Trinajstić information content (AvgIpc) is 1.97. The van der Waals surface area contributed by atoms with Gasteiger partial charge in [-0.1, -0.05) is 32.9 Å². The molecule has 0 radical (unpaired) electrons. The van der Waals surface area contributed by atoms with Crippen molar-refractivity contribution < 1.29 is 9.42 Å². The molecule has 0 saturated carbocycles. The molecule has 0 spiro atoms. The van der Waals surface area contributed by atoms with Gasteiger partial charge in [-0.15, -0.1) is 0 Å². The van der Waals surface area contributed by atoms with Crippen LogP contribution in [0.4, 0.5) is 0 Å². The van der Waals surface area contributed by atoms with Crippen molar-refractivity contribution in [3.05, 3.63) is 29.3 Å². The molecule has 1 N–H and O–H groups in total. The number of halogens is 1. The second kappa shape index (κ2) is 4.66. The van der Waals surface area contributed by atoms with Crippen LogP contribution in [0.1, 0.15) is 31.9 Å². The summed E-state index contributed by atoms with van der Waals surface area (Å²) in [6, 6.07) is 5.83. The number of hydrogen-bond acceptors (Lipinski definition) is 2. The normalized spacial score (nSPS) is 15.6. The largest absolute Gasteiger partial charge is 0.433 e. The third-order valence-corrected chi connectivity index (χ3v) is 3.01. The summed E-state index contributed by atoms with van der Waals surface area (Å²) in [7, 11) is 0. The lowest BCUT2D eigenvalue weighted by molar-refractivity contribution is 0.481. The number of hydrogen-bond donors (Lipinski definition) is 1. The molecule has 0 fully saturated rings. The molecule has 0 amide bonds. The van der Waals surface area contributed by atoms with E-state index in [2.05, 4.69) is 20.8 Å². The van der Waals surface area contributed by atoms with Crippen molar-refractivity contribution >= 4 is 28.9 Å². The van der Waals surface area contributed by atoms with Crippen molar-refractivity contribution in [1.29, 1.82) is 0 Å². The van der Waals surface area contributed by atoms with Crippen LogP contribution in [0.5, 0.6) is 5.75 Å². The van der Waals surface area contributed by atoms with Gasteiger partial charge in [0.15, 0.2) is 0 Å². The van der Waals surface area contributed by atoms with Crippen molar-refractivity contribution in [3.8, 4) is 5.75 Å². The molecule has 1 atom stereocenters. The summed E-state index contributed by atoms with van der Waals surface area (Å²) < 4.78 is 5.29. The highest BCUT2D eigenvalue weighted by atomic mass is 35.7. The minimum atomic E-state index is -3.20. The van der Waals surface area contributed by atoms with Crippen LogP contribution in [-0.4, -0.2) is 4.89 Å². The monoisotopic (exact) mass is 278 g/mol. The van der Waals surface area contributed by atoms with Gasteiger partial charge in [0.2, 0.25) is 0 Å². The zero-order valence-electron chi connectivity index (χ0n) is 9.82. The fourth-order valence-corrected chi connectivity index (χ4v) is 2.30. The highest BCUT2D eigenvalue weighted by Gasteiger charge is 2.22. The van der Waals surface area contributed by atoms with Crippen molar-refractivity contribution in [2.24, 2.45) is 0 Å². The predicted octanol–water partition coefficient (Wildman–Crippen LogP) is 4.13. The Labute approximate surface area is 107 Å². The van der Waals surface area contributed by atoms with E-state index in [4.69, 9.17) is 27.6 Å². The minimum absolute atomic E-state index is 0.0789. The molecule has 0 aliphatic carbocycles. The van der Waals surface area contributed by atoms with Crippen LogP contribution in [-0.2, 0) is 17.2 Å². The molecule has 90 valence electrons. The molecule has 0 heterocycles. The second-order valence-electron chi connectivity index (χ2n) is 4.79. The van der Waals surface area contributed by atoms with Crippen LogP contribution in [0.2, 0.25) is 0 Å². The molecule has 1 rings (SSSR count). The minimum Gasteiger partial charge on any atom is -0.433 e. The lowest BCUT2D eigenvalue weighted by Crippen LogP contribution is -2.12. The van der Waals surface area contributed by atoms with Crippen LogP contribution in [0, 0.1) is 6.92 Å². The maximum atomic E-state index is 9.42. The molecule has 2 nitrogen and oxygen atoms in total. The quantitative estimate of drug-likeness (QED) is 0.825. The summed E-state index contributed by atoms with van der Waals surface area (Å²) >= 11 is 10.3. The van der Waals surface area contributed by atoms with E-state index in [0.29, 0.717) is 5.75 Å². The van der Waals surface area contributed by atoms with E-state index in [9.17, 15) is 4.89 Å². The molecule has 0 aliphatic rings. The van der Waals surface area contributed by atoms with E-state index in [1.54, 1.807) is 0 Å². The lowest BCUT2D eigenvalue weighted by Gasteiger charge is -2.24. The molecule has 5 heteroatoms. The van der Waals surface area contributed by atoms with Crippen LogP contribution < -0.4 is 4.52 Å². The Bertz CT molecular complexity index is 434. The van der Waals surface area contributed by atoms with Crippen LogP contribution in [0.25, 0.3) is 0 Å². The van der Waals surface area contributed by atoms with Gasteiger partial charge >= 0.3 is 5.84 Å². The highest BCUT2D eigenvalue weighted by Crippen LogP contribution is 2.50. The molecule has 0 bridgehead atoms. The first-order valence-electron chi connectivity index (χ1n) is 4.93. The fourth-order valence-electron chi connectivity index (χ4n) is 1.45. The first-order chi connectivity index (χ1) is 7.09. The number of aryl methyl sites for hydroxylation is 1. The first kappa shape index (κ1) is 14.0. The van der Waals surface area contributed by atoms with Crippen molar-refractivity contribution in [1.82, 2.24) is 0 Å². The lowest BCUT2D eigenvalue weighted by atomic mass is 9.86. The van der Waals surface area contributed by atoms with E-state index in [1.807, 2.05) is 25.1 Å². The van der Waals surface area contributed by atoms with Gasteiger partial charge in [-0.25, -0.2) is 0 Å². The maximum absolute atomic E-state index is 9.42. The van der Waals surface area contributed by atoms with E-state index in [0.717, 1.165) is 11.1 Å². The Kier molecular flexibility index (Phi) is 4.07. The fraction of sp³-hybridized carbons (Fsp3) is 0.455. The smallest absolute Gasteiger partial charge is 0.330 e. The molecule has 0 aliphatic heterocycles. The molecule has 0 aromatic heterocycles. The van der Waals surface area contributed by atoms with Crippen LogP contribution >= 0.6 is 17.1 Å². The van der Waals surface area contributed by atoms with Crippen molar-refractivity contribution in [2.75, 3.05) is 0 Å². The Morgan fingerprint density at radius 3 is 2.38 bits per heavy atom. The second-order valence-corrected chi connectivity index (χ2v) is 9.34. The van der Waals surface area contributed by atoms with Gasteiger partial charge in [-0.2, -0.15) is 0 Å². The standard InChI is InChI=1S/C11H16ClO2PS/c1-8-5-6-9(11(2,3)4)10(7-8)14-15(12,13)16/h5-7H,1-4H3,(H,13,16). The Hall–Kier alpha value is -0.0800. The van der Waals surface area contributed by atoms with Gasteiger partial charge in [0.25, 0.3) is 0 Å². The summed E-state index contributed by atoms with van der Waals surface area (Å²) in [5, 5.41) is 0. The van der Waals surface area contributed by atoms with E-state index >= 15 is 0 Å². The Balaban J connectivity index is 3.24. The average molecular weight is 279 g/mol. The summed E-state index contributed by atoms with van der Waals surface area (Å²) in [5.41, 5.74) is 1.95. The van der Waals surface area contributed by atoms with Gasteiger partial charge < -0.3 is 9.42 Å². The summed E-state index contributed by atoms with van der Waals surface area (Å²) in [5.74, 6) is -2.62. The van der Waals surface area contributed by atoms with Gasteiger partial charge in [0.05, 0.1) is 0 Å². The molecule has 16 heavy (non-hydrogen) atoms. The van der Waals surface area contributed by atoms with E-state index < -0.39 is 5.84 Å². The number of rotatable bonds is 2. The molecule has 0 saturated heterocycles. The first-order valence-corrected chi connectivity index (χ1v) is 8.50. The Morgan fingerprint density at radius 2 is 1.94 bits per heavy atom. The summed E-state index contributed by atoms with van der Waals surface area (Å²) in [6.45, 7) is 8.16.